The smallest absolute Gasteiger partial charge is 0.242 e. The molecule has 5 nitrogen and oxygen atoms in total. The van der Waals surface area contributed by atoms with E-state index < -0.39 is 9.84 Å². The normalized spacial score (nSPS) is 13.1. The maximum Gasteiger partial charge on any atom is 0.242 e. The average molecular weight is 298 g/mol. The highest BCUT2D eigenvalue weighted by molar-refractivity contribution is 7.91. The van der Waals surface area contributed by atoms with Crippen LogP contribution in [0.4, 0.5) is 5.69 Å². The zero-order chi connectivity index (χ0) is 15.3. The van der Waals surface area contributed by atoms with Crippen molar-refractivity contribution in [2.45, 2.75) is 31.7 Å². The summed E-state index contributed by atoms with van der Waals surface area (Å²) in [6.45, 7) is 5.51. The van der Waals surface area contributed by atoms with E-state index in [9.17, 15) is 13.2 Å². The molecule has 1 atom stereocenters. The number of anilines is 1. The van der Waals surface area contributed by atoms with Crippen molar-refractivity contribution < 1.29 is 13.2 Å². The molecular formula is C14H22N2O3S. The fourth-order valence-electron chi connectivity index (χ4n) is 1.80. The number of amides is 1. The van der Waals surface area contributed by atoms with Gasteiger partial charge in [-0.1, -0.05) is 20.8 Å². The zero-order valence-electron chi connectivity index (χ0n) is 12.3. The lowest BCUT2D eigenvalue weighted by Gasteiger charge is -2.22. The third-order valence-corrected chi connectivity index (χ3v) is 4.86. The van der Waals surface area contributed by atoms with Crippen LogP contribution in [0.1, 0.15) is 20.8 Å². The average Bonchev–Trinajstić information content (AvgIpc) is 2.44. The largest absolute Gasteiger partial charge is 0.373 e. The number of sulfone groups is 1. The minimum Gasteiger partial charge on any atom is -0.373 e. The highest BCUT2D eigenvalue weighted by Gasteiger charge is 2.21. The van der Waals surface area contributed by atoms with Crippen LogP contribution < -0.4 is 10.6 Å². The summed E-state index contributed by atoms with van der Waals surface area (Å²) < 4.78 is 23.4. The second kappa shape index (κ2) is 6.74. The van der Waals surface area contributed by atoms with Crippen molar-refractivity contribution >= 4 is 21.4 Å². The Morgan fingerprint density at radius 1 is 1.20 bits per heavy atom. The molecule has 0 aliphatic heterocycles. The van der Waals surface area contributed by atoms with Crippen molar-refractivity contribution in [2.75, 3.05) is 18.1 Å². The summed E-state index contributed by atoms with van der Waals surface area (Å²) in [5.41, 5.74) is 0.724. The lowest BCUT2D eigenvalue weighted by Crippen LogP contribution is -2.41. The molecule has 0 aliphatic rings. The number of nitrogens with one attached hydrogen (secondary N) is 2. The van der Waals surface area contributed by atoms with Crippen molar-refractivity contribution in [3.8, 4) is 0 Å². The Hall–Kier alpha value is -1.56. The number of carbonyl (C=O) groups is 1. The SMILES string of the molecule is CCS(=O)(=O)c1ccc(N[C@H](C(=O)NC)C(C)C)cc1. The fourth-order valence-corrected chi connectivity index (χ4v) is 2.68. The first kappa shape index (κ1) is 16.5. The maximum atomic E-state index is 11.8. The van der Waals surface area contributed by atoms with Gasteiger partial charge in [0.25, 0.3) is 0 Å². The van der Waals surface area contributed by atoms with E-state index in [-0.39, 0.29) is 23.6 Å². The van der Waals surface area contributed by atoms with Gasteiger partial charge in [-0.2, -0.15) is 0 Å². The van der Waals surface area contributed by atoms with E-state index in [0.29, 0.717) is 4.90 Å². The van der Waals surface area contributed by atoms with Gasteiger partial charge in [-0.15, -0.1) is 0 Å². The molecule has 0 spiro atoms. The van der Waals surface area contributed by atoms with E-state index in [4.69, 9.17) is 0 Å². The quantitative estimate of drug-likeness (QED) is 0.837. The molecule has 0 saturated carbocycles. The Bertz CT molecular complexity index is 550. The summed E-state index contributed by atoms with van der Waals surface area (Å²) in [7, 11) is -1.59. The van der Waals surface area contributed by atoms with Gasteiger partial charge >= 0.3 is 0 Å². The molecule has 0 aliphatic carbocycles. The van der Waals surface area contributed by atoms with Gasteiger partial charge in [-0.05, 0) is 30.2 Å². The van der Waals surface area contributed by atoms with Gasteiger partial charge in [-0.3, -0.25) is 4.79 Å². The predicted molar refractivity (Wildman–Crippen MR) is 80.5 cm³/mol. The van der Waals surface area contributed by atoms with Gasteiger partial charge < -0.3 is 10.6 Å². The number of likely N-dealkylation sites (N-methyl/N-ethyl adjacent to an activating group) is 1. The molecule has 0 radical (unpaired) electrons. The number of hydrogen-bond acceptors (Lipinski definition) is 4. The predicted octanol–water partition coefficient (Wildman–Crippen LogP) is 1.66. The highest BCUT2D eigenvalue weighted by atomic mass is 32.2. The lowest BCUT2D eigenvalue weighted by molar-refractivity contribution is -0.122. The van der Waals surface area contributed by atoms with E-state index in [1.165, 1.54) is 0 Å². The Morgan fingerprint density at radius 2 is 1.75 bits per heavy atom. The molecule has 1 aromatic carbocycles. The van der Waals surface area contributed by atoms with Crippen molar-refractivity contribution in [2.24, 2.45) is 5.92 Å². The summed E-state index contributed by atoms with van der Waals surface area (Å²) in [6, 6.07) is 6.13. The van der Waals surface area contributed by atoms with Gasteiger partial charge in [0.2, 0.25) is 5.91 Å². The van der Waals surface area contributed by atoms with Gasteiger partial charge in [0, 0.05) is 12.7 Å². The molecular weight excluding hydrogens is 276 g/mol. The monoisotopic (exact) mass is 298 g/mol. The van der Waals surface area contributed by atoms with Crippen LogP contribution in [0.2, 0.25) is 0 Å². The summed E-state index contributed by atoms with van der Waals surface area (Å²) in [5, 5.41) is 5.73. The molecule has 0 heterocycles. The van der Waals surface area contributed by atoms with E-state index in [0.717, 1.165) is 5.69 Å². The standard InChI is InChI=1S/C14H22N2O3S/c1-5-20(18,19)12-8-6-11(7-9-12)16-13(10(2)3)14(17)15-4/h6-10,13,16H,5H2,1-4H3,(H,15,17)/t13-/m0/s1. The van der Waals surface area contributed by atoms with E-state index in [1.54, 1.807) is 38.2 Å². The van der Waals surface area contributed by atoms with Gasteiger partial charge in [0.15, 0.2) is 9.84 Å². The third-order valence-electron chi connectivity index (χ3n) is 3.11. The molecule has 0 saturated heterocycles. The van der Waals surface area contributed by atoms with Gasteiger partial charge in [0.05, 0.1) is 10.6 Å². The Labute approximate surface area is 120 Å². The van der Waals surface area contributed by atoms with Crippen LogP contribution in [-0.2, 0) is 14.6 Å². The van der Waals surface area contributed by atoms with Crippen LogP contribution in [0.5, 0.6) is 0 Å². The third kappa shape index (κ3) is 3.96. The molecule has 0 unspecified atom stereocenters. The van der Waals surface area contributed by atoms with Crippen molar-refractivity contribution in [3.63, 3.8) is 0 Å². The molecule has 0 aromatic heterocycles. The zero-order valence-corrected chi connectivity index (χ0v) is 13.1. The first-order chi connectivity index (χ1) is 9.31. The Balaban J connectivity index is 2.91. The number of rotatable bonds is 6. The van der Waals surface area contributed by atoms with E-state index in [2.05, 4.69) is 10.6 Å². The molecule has 1 rings (SSSR count). The minimum atomic E-state index is -3.19. The van der Waals surface area contributed by atoms with Crippen LogP contribution in [0.25, 0.3) is 0 Å². The maximum absolute atomic E-state index is 11.8. The molecule has 6 heteroatoms. The van der Waals surface area contributed by atoms with Crippen LogP contribution in [-0.4, -0.2) is 33.2 Å². The van der Waals surface area contributed by atoms with Gasteiger partial charge in [0.1, 0.15) is 6.04 Å². The second-order valence-corrected chi connectivity index (χ2v) is 7.19. The van der Waals surface area contributed by atoms with Crippen molar-refractivity contribution in [3.05, 3.63) is 24.3 Å². The Kier molecular flexibility index (Phi) is 5.56. The van der Waals surface area contributed by atoms with Gasteiger partial charge in [-0.25, -0.2) is 8.42 Å². The van der Waals surface area contributed by atoms with Crippen LogP contribution >= 0.6 is 0 Å². The summed E-state index contributed by atoms with van der Waals surface area (Å²) in [5.74, 6) is 0.103. The van der Waals surface area contributed by atoms with E-state index in [1.807, 2.05) is 13.8 Å². The molecule has 20 heavy (non-hydrogen) atoms. The molecule has 0 bridgehead atoms. The van der Waals surface area contributed by atoms with Crippen LogP contribution in [0, 0.1) is 5.92 Å². The highest BCUT2D eigenvalue weighted by Crippen LogP contribution is 2.17. The Morgan fingerprint density at radius 3 is 2.15 bits per heavy atom. The number of carbonyl (C=O) groups excluding carboxylic acids is 1. The molecule has 112 valence electrons. The molecule has 0 fully saturated rings. The topological polar surface area (TPSA) is 75.3 Å². The summed E-state index contributed by atoms with van der Waals surface area (Å²) in [4.78, 5) is 12.1. The molecule has 1 aromatic rings. The summed E-state index contributed by atoms with van der Waals surface area (Å²) >= 11 is 0. The summed E-state index contributed by atoms with van der Waals surface area (Å²) in [6.07, 6.45) is 0. The lowest BCUT2D eigenvalue weighted by atomic mass is 10.0. The number of hydrogen-bond donors (Lipinski definition) is 2. The van der Waals surface area contributed by atoms with Crippen molar-refractivity contribution in [1.29, 1.82) is 0 Å². The fraction of sp³-hybridized carbons (Fsp3) is 0.500. The molecule has 2 N–H and O–H groups in total. The first-order valence-electron chi connectivity index (χ1n) is 6.62. The van der Waals surface area contributed by atoms with Crippen molar-refractivity contribution in [1.82, 2.24) is 5.32 Å². The van der Waals surface area contributed by atoms with E-state index >= 15 is 0 Å². The van der Waals surface area contributed by atoms with Crippen LogP contribution in [0.15, 0.2) is 29.2 Å². The molecule has 1 amide bonds. The van der Waals surface area contributed by atoms with Crippen LogP contribution in [0.3, 0.4) is 0 Å². The number of benzene rings is 1. The second-order valence-electron chi connectivity index (χ2n) is 4.91. The first-order valence-corrected chi connectivity index (χ1v) is 8.28. The minimum absolute atomic E-state index is 0.0760.